The number of nitrogens with zero attached hydrogens (tertiary/aromatic N) is 16. The Kier molecular flexibility index (Phi) is 43.9. The topological polar surface area (TPSA) is 181 Å². The third-order valence-electron chi connectivity index (χ3n) is 35.6. The van der Waals surface area contributed by atoms with Gasteiger partial charge in [0, 0.05) is 139 Å². The van der Waals surface area contributed by atoms with Crippen LogP contribution in [0.3, 0.4) is 0 Å². The number of carbonyl (C=O) groups excluding carboxylic acids is 7. The maximum absolute atomic E-state index is 12.5. The largest absolute Gasteiger partial charge is 0.375 e. The van der Waals surface area contributed by atoms with E-state index in [1.807, 2.05) is 18.7 Å². The number of likely N-dealkylation sites (tertiary alicyclic amines) is 16. The standard InChI is InChI=1S/C17H26N2.C15H26N2O.C14H24N2O.C13H24N2O2.2C13H24N2O.C12H22N2O.C11H20N2O/c1-18-12-9-16(10-13-18)17-8-5-11-19(17)14-15-6-3-2-4-7-15;1-16-10-7-12(8-11-16)14-6-3-9-17(14)15(18)13-4-2-5-13;1-15-9-6-11(7-10-15)13-3-2-8-16(13)14(17)12-4-5-12;1-14-8-5-11(6-9-14)12-4-3-7-15(12)13(16)10-17-2;2*1-3-13(16)15-8-4-5-12(15)11-6-9-14(2)10-7-11;1-10(15)14-7-3-4-12(14)11-5-8-13(2)9-6-11;1-12-7-4-10(5-8-12)11-3-2-6-13(11)9-14/h2-4,6-7,16-17H,5,8-14H2,1H3;12-14H,2-11H2,1H3;11-13H,2-10H2,1H3;11-12H,3-10H2,1-2H3;2*11-12H,3-10H2,1-2H3;11-12H,3-9H2,1-2H3;9-11H,2-8H2,1H3/t17-;14-;13-;2*12-;;;/m00000.../s1. The second kappa shape index (κ2) is 54.6. The minimum atomic E-state index is 0.175. The summed E-state index contributed by atoms with van der Waals surface area (Å²) >= 11 is 0. The van der Waals surface area contributed by atoms with Gasteiger partial charge >= 0.3 is 0 Å². The average Bonchev–Trinajstić information content (AvgIpc) is 1.67. The van der Waals surface area contributed by atoms with E-state index in [1.165, 1.54) is 322 Å². The van der Waals surface area contributed by atoms with Gasteiger partial charge in [0.25, 0.3) is 0 Å². The summed E-state index contributed by atoms with van der Waals surface area (Å²) in [5, 5.41) is 0. The lowest BCUT2D eigenvalue weighted by Crippen LogP contribution is -2.47. The molecule has 0 spiro atoms. The first kappa shape index (κ1) is 106. The highest BCUT2D eigenvalue weighted by Gasteiger charge is 2.46. The van der Waals surface area contributed by atoms with Crippen LogP contribution in [0.5, 0.6) is 0 Å². The molecule has 0 bridgehead atoms. The van der Waals surface area contributed by atoms with Gasteiger partial charge in [0.15, 0.2) is 0 Å². The van der Waals surface area contributed by atoms with Crippen LogP contribution in [0.25, 0.3) is 0 Å². The quantitative estimate of drug-likeness (QED) is 0.134. The normalized spacial score (nSPS) is 29.5. The highest BCUT2D eigenvalue weighted by atomic mass is 16.5. The summed E-state index contributed by atoms with van der Waals surface area (Å²) in [5.41, 5.74) is 1.47. The van der Waals surface area contributed by atoms with Crippen LogP contribution in [0, 0.1) is 59.2 Å². The van der Waals surface area contributed by atoms with Crippen molar-refractivity contribution in [2.24, 2.45) is 59.2 Å². The number of rotatable bonds is 17. The van der Waals surface area contributed by atoms with Crippen LogP contribution in [0.1, 0.15) is 277 Å². The lowest BCUT2D eigenvalue weighted by molar-refractivity contribution is -0.140. The Hall–Kier alpha value is -4.89. The van der Waals surface area contributed by atoms with Crippen LogP contribution < -0.4 is 0 Å². The number of carbonyl (C=O) groups is 7. The molecule has 1 aromatic carbocycles. The molecule has 16 heterocycles. The first-order valence-corrected chi connectivity index (χ1v) is 54.7. The van der Waals surface area contributed by atoms with Gasteiger partial charge in [-0.3, -0.25) is 38.5 Å². The Morgan fingerprint density at radius 1 is 0.288 bits per heavy atom. The average molecular weight is 1840 g/mol. The first-order valence-electron chi connectivity index (χ1n) is 54.7. The van der Waals surface area contributed by atoms with Crippen molar-refractivity contribution in [3.63, 3.8) is 0 Å². The van der Waals surface area contributed by atoms with Gasteiger partial charge in [-0.2, -0.15) is 0 Å². The lowest BCUT2D eigenvalue weighted by Gasteiger charge is -2.39. The van der Waals surface area contributed by atoms with Crippen LogP contribution in [-0.2, 0) is 44.8 Å². The molecule has 7 amide bonds. The maximum atomic E-state index is 12.5. The Morgan fingerprint density at radius 2 is 0.545 bits per heavy atom. The molecule has 24 heteroatoms. The molecule has 2 aliphatic carbocycles. The number of amides is 7. The molecule has 16 saturated heterocycles. The highest BCUT2D eigenvalue weighted by molar-refractivity contribution is 5.82. The molecule has 2 saturated carbocycles. The monoisotopic (exact) mass is 1840 g/mol. The van der Waals surface area contributed by atoms with E-state index in [0.29, 0.717) is 96.5 Å². The highest BCUT2D eigenvalue weighted by Crippen LogP contribution is 2.42. The van der Waals surface area contributed by atoms with E-state index < -0.39 is 0 Å². The molecule has 3 unspecified atom stereocenters. The molecule has 18 aliphatic rings. The fourth-order valence-corrected chi connectivity index (χ4v) is 26.8. The summed E-state index contributed by atoms with van der Waals surface area (Å²) < 4.78 is 4.97. The van der Waals surface area contributed by atoms with Crippen molar-refractivity contribution in [3.05, 3.63) is 35.9 Å². The van der Waals surface area contributed by atoms with Crippen LogP contribution >= 0.6 is 0 Å². The lowest BCUT2D eigenvalue weighted by atomic mass is 9.83. The van der Waals surface area contributed by atoms with Gasteiger partial charge in [0.05, 0.1) is 0 Å². The van der Waals surface area contributed by atoms with E-state index in [4.69, 9.17) is 4.74 Å². The predicted octanol–water partition coefficient (Wildman–Crippen LogP) is 13.6. The number of methoxy groups -OCH3 is 1. The van der Waals surface area contributed by atoms with Gasteiger partial charge in [0.1, 0.15) is 6.61 Å². The van der Waals surface area contributed by atoms with E-state index in [-0.39, 0.29) is 18.4 Å². The molecule has 0 aromatic heterocycles. The van der Waals surface area contributed by atoms with E-state index in [9.17, 15) is 33.6 Å². The second-order valence-corrected chi connectivity index (χ2v) is 44.7. The van der Waals surface area contributed by atoms with Crippen LogP contribution in [0.4, 0.5) is 0 Å². The van der Waals surface area contributed by atoms with Crippen molar-refractivity contribution in [1.82, 2.24) is 78.4 Å². The van der Waals surface area contributed by atoms with Crippen LogP contribution in [-0.4, -0.2) is 396 Å². The number of ether oxygens (including phenoxy) is 1. The van der Waals surface area contributed by atoms with Crippen LogP contribution in [0.2, 0.25) is 0 Å². The Morgan fingerprint density at radius 3 is 0.841 bits per heavy atom. The summed E-state index contributed by atoms with van der Waals surface area (Å²) in [6.45, 7) is 34.8. The number of benzene rings is 1. The van der Waals surface area contributed by atoms with E-state index in [1.54, 1.807) is 14.0 Å². The zero-order chi connectivity index (χ0) is 93.6. The summed E-state index contributed by atoms with van der Waals surface area (Å²) in [6.07, 6.45) is 48.7. The fourth-order valence-electron chi connectivity index (χ4n) is 26.8. The molecule has 8 atom stereocenters. The first-order chi connectivity index (χ1) is 64.0. The molecule has 1 aromatic rings. The molecular weight excluding hydrogens is 1650 g/mol. The van der Waals surface area contributed by atoms with E-state index in [2.05, 4.69) is 160 Å². The molecule has 18 fully saturated rings. The Labute approximate surface area is 802 Å². The minimum Gasteiger partial charge on any atom is -0.375 e. The van der Waals surface area contributed by atoms with Crippen molar-refractivity contribution in [3.8, 4) is 0 Å². The summed E-state index contributed by atoms with van der Waals surface area (Å²) in [5.74, 6) is 9.15. The molecular formula is C108H190N16O8. The van der Waals surface area contributed by atoms with Crippen molar-refractivity contribution in [2.45, 2.75) is 326 Å². The van der Waals surface area contributed by atoms with Gasteiger partial charge in [0.2, 0.25) is 41.9 Å². The van der Waals surface area contributed by atoms with Gasteiger partial charge in [-0.25, -0.2) is 0 Å². The van der Waals surface area contributed by atoms with E-state index in [0.717, 1.165) is 138 Å². The Balaban J connectivity index is 0.000000136. The molecule has 24 nitrogen and oxygen atoms in total. The maximum Gasteiger partial charge on any atom is 0.248 e. The molecule has 16 aliphatic heterocycles. The third-order valence-corrected chi connectivity index (χ3v) is 35.6. The Bertz CT molecular complexity index is 3460. The second-order valence-electron chi connectivity index (χ2n) is 44.7. The van der Waals surface area contributed by atoms with Crippen LogP contribution in [0.15, 0.2) is 30.3 Å². The number of piperidine rings is 8. The SMILES string of the molecule is CC(=O)N1CCCC1C1CCN(C)CC1.CCC(=O)N1CCCC1C1CCN(C)CC1.CCC(=O)N1CCC[C@H]1C1CCN(C)CC1.CN1CCC(C2CCCN2C=O)CC1.CN1CCC([C@@H]2CCCN2C(=O)C2CC2)CC1.CN1CCC([C@@H]2CCCN2C(=O)C2CCC2)CC1.CN1CCC([C@@H]2CCCN2Cc2ccccc2)CC1.COCC(=O)N1CCC[C@H]1C1CCN(C)CC1. The molecule has 0 radical (unpaired) electrons. The predicted molar refractivity (Wildman–Crippen MR) is 534 cm³/mol. The van der Waals surface area contributed by atoms with E-state index >= 15 is 0 Å². The van der Waals surface area contributed by atoms with Crippen molar-refractivity contribution in [2.75, 3.05) is 227 Å². The fraction of sp³-hybridized carbons (Fsp3) is 0.880. The summed E-state index contributed by atoms with van der Waals surface area (Å²) in [7, 11) is 19.2. The third kappa shape index (κ3) is 31.1. The number of hydrogen-bond acceptors (Lipinski definition) is 17. The van der Waals surface area contributed by atoms with Gasteiger partial charge in [-0.15, -0.1) is 0 Å². The summed E-state index contributed by atoms with van der Waals surface area (Å²) in [6, 6.07) is 15.7. The molecule has 132 heavy (non-hydrogen) atoms. The summed E-state index contributed by atoms with van der Waals surface area (Å²) in [4.78, 5) is 120. The van der Waals surface area contributed by atoms with Gasteiger partial charge < -0.3 is 78.2 Å². The van der Waals surface area contributed by atoms with Crippen molar-refractivity contribution in [1.29, 1.82) is 0 Å². The molecule has 750 valence electrons. The molecule has 19 rings (SSSR count). The molecule has 0 N–H and O–H groups in total. The minimum absolute atomic E-state index is 0.175. The smallest absolute Gasteiger partial charge is 0.248 e. The van der Waals surface area contributed by atoms with Gasteiger partial charge in [-0.05, 0) is 452 Å². The number of hydrogen-bond donors (Lipinski definition) is 0. The zero-order valence-electron chi connectivity index (χ0n) is 85.7. The van der Waals surface area contributed by atoms with Crippen molar-refractivity contribution >= 4 is 41.9 Å². The zero-order valence-corrected chi connectivity index (χ0v) is 85.7. The van der Waals surface area contributed by atoms with Crippen molar-refractivity contribution < 1.29 is 38.3 Å². The van der Waals surface area contributed by atoms with Gasteiger partial charge in [-0.1, -0.05) is 50.6 Å².